The average Bonchev–Trinajstić information content (AvgIpc) is 3.21. The lowest BCUT2D eigenvalue weighted by Gasteiger charge is -2.26. The lowest BCUT2D eigenvalue weighted by molar-refractivity contribution is -0.127. The van der Waals surface area contributed by atoms with Gasteiger partial charge in [-0.05, 0) is 13.8 Å². The van der Waals surface area contributed by atoms with Gasteiger partial charge in [0.1, 0.15) is 0 Å². The van der Waals surface area contributed by atoms with Crippen LogP contribution in [0.1, 0.15) is 60.9 Å². The number of amides is 1. The maximum absolute atomic E-state index is 12.4. The van der Waals surface area contributed by atoms with Gasteiger partial charge in [0, 0.05) is 61.6 Å². The van der Waals surface area contributed by atoms with Crippen molar-refractivity contribution in [1.29, 1.82) is 0 Å². The number of hydrogen-bond acceptors (Lipinski definition) is 5. The van der Waals surface area contributed by atoms with Crippen molar-refractivity contribution >= 4 is 17.2 Å². The maximum Gasteiger partial charge on any atom is 0.223 e. The lowest BCUT2D eigenvalue weighted by atomic mass is 9.92. The highest BCUT2D eigenvalue weighted by molar-refractivity contribution is 7.09. The van der Waals surface area contributed by atoms with Crippen LogP contribution in [-0.4, -0.2) is 39.2 Å². The molecule has 1 N–H and O–H groups in total. The van der Waals surface area contributed by atoms with E-state index in [2.05, 4.69) is 43.5 Å². The van der Waals surface area contributed by atoms with Crippen LogP contribution < -0.4 is 5.32 Å². The Bertz CT molecular complexity index is 832. The number of likely N-dealkylation sites (tertiary alicyclic amines) is 1. The minimum absolute atomic E-state index is 0.0827. The second kappa shape index (κ2) is 7.36. The molecule has 27 heavy (non-hydrogen) atoms. The van der Waals surface area contributed by atoms with Crippen LogP contribution in [-0.2, 0) is 23.8 Å². The first-order valence-corrected chi connectivity index (χ1v) is 10.4. The van der Waals surface area contributed by atoms with Crippen molar-refractivity contribution in [3.63, 3.8) is 0 Å². The normalized spacial score (nSPS) is 20.7. The number of nitrogens with one attached hydrogen (secondary N) is 1. The summed E-state index contributed by atoms with van der Waals surface area (Å²) >= 11 is 1.72. The van der Waals surface area contributed by atoms with Crippen LogP contribution in [0.25, 0.3) is 0 Å². The van der Waals surface area contributed by atoms with E-state index in [-0.39, 0.29) is 23.3 Å². The highest BCUT2D eigenvalue weighted by Crippen LogP contribution is 2.39. The molecule has 0 radical (unpaired) electrons. The topological polar surface area (TPSA) is 63.1 Å². The molecule has 6 nitrogen and oxygen atoms in total. The molecular formula is C20H31N5OS. The standard InChI is InChI=1S/C20H31N5OS/c1-12-17(13(2)25(7)23-12)18-14(8-16(26)24(18)6)9-21-10-15-11-27-19(22-15)20(3,4)5/h11,14,18,21H,8-10H2,1-7H3/t14-,18+/m0/s1. The van der Waals surface area contributed by atoms with Crippen LogP contribution in [0.3, 0.4) is 0 Å². The third kappa shape index (κ3) is 3.94. The first-order valence-electron chi connectivity index (χ1n) is 9.51. The predicted octanol–water partition coefficient (Wildman–Crippen LogP) is 3.10. The minimum Gasteiger partial charge on any atom is -0.338 e. The molecule has 2 atom stereocenters. The van der Waals surface area contributed by atoms with E-state index in [4.69, 9.17) is 4.98 Å². The summed E-state index contributed by atoms with van der Waals surface area (Å²) in [6, 6.07) is 0.0827. The monoisotopic (exact) mass is 389 g/mol. The Kier molecular flexibility index (Phi) is 5.45. The van der Waals surface area contributed by atoms with Gasteiger partial charge in [-0.15, -0.1) is 11.3 Å². The van der Waals surface area contributed by atoms with E-state index in [0.717, 1.165) is 35.2 Å². The van der Waals surface area contributed by atoms with Crippen molar-refractivity contribution < 1.29 is 4.79 Å². The smallest absolute Gasteiger partial charge is 0.223 e. The Hall–Kier alpha value is -1.73. The highest BCUT2D eigenvalue weighted by atomic mass is 32.1. The quantitative estimate of drug-likeness (QED) is 0.853. The summed E-state index contributed by atoms with van der Waals surface area (Å²) in [5.74, 6) is 0.447. The molecule has 0 saturated carbocycles. The fourth-order valence-electron chi connectivity index (χ4n) is 3.90. The molecule has 1 fully saturated rings. The van der Waals surface area contributed by atoms with Crippen LogP contribution in [0, 0.1) is 19.8 Å². The van der Waals surface area contributed by atoms with Gasteiger partial charge in [-0.2, -0.15) is 5.10 Å². The van der Waals surface area contributed by atoms with Crippen molar-refractivity contribution in [2.75, 3.05) is 13.6 Å². The van der Waals surface area contributed by atoms with Crippen molar-refractivity contribution in [2.24, 2.45) is 13.0 Å². The number of carbonyl (C=O) groups is 1. The van der Waals surface area contributed by atoms with Gasteiger partial charge in [0.15, 0.2) is 0 Å². The molecule has 0 spiro atoms. The van der Waals surface area contributed by atoms with E-state index < -0.39 is 0 Å². The third-order valence-electron chi connectivity index (χ3n) is 5.46. The Morgan fingerprint density at radius 3 is 2.56 bits per heavy atom. The SMILES string of the molecule is Cc1nn(C)c(C)c1[C@H]1[C@H](CNCc2csc(C(C)(C)C)n2)CC(=O)N1C. The molecule has 1 aliphatic rings. The van der Waals surface area contributed by atoms with Gasteiger partial charge >= 0.3 is 0 Å². The van der Waals surface area contributed by atoms with Gasteiger partial charge in [-0.1, -0.05) is 20.8 Å². The first-order chi connectivity index (χ1) is 12.6. The molecule has 0 aliphatic carbocycles. The van der Waals surface area contributed by atoms with Crippen LogP contribution >= 0.6 is 11.3 Å². The summed E-state index contributed by atoms with van der Waals surface area (Å²) in [5, 5.41) is 11.4. The van der Waals surface area contributed by atoms with Crippen molar-refractivity contribution in [1.82, 2.24) is 25.0 Å². The summed E-state index contributed by atoms with van der Waals surface area (Å²) in [7, 11) is 3.87. The Morgan fingerprint density at radius 2 is 2.00 bits per heavy atom. The molecule has 2 aromatic rings. The van der Waals surface area contributed by atoms with Gasteiger partial charge in [0.25, 0.3) is 0 Å². The lowest BCUT2D eigenvalue weighted by Crippen LogP contribution is -2.30. The zero-order valence-electron chi connectivity index (χ0n) is 17.5. The second-order valence-corrected chi connectivity index (χ2v) is 9.50. The number of thiazole rings is 1. The van der Waals surface area contributed by atoms with Crippen LogP contribution in [0.5, 0.6) is 0 Å². The van der Waals surface area contributed by atoms with Crippen LogP contribution in [0.4, 0.5) is 0 Å². The number of aromatic nitrogens is 3. The van der Waals surface area contributed by atoms with E-state index in [1.54, 1.807) is 11.3 Å². The summed E-state index contributed by atoms with van der Waals surface area (Å²) in [4.78, 5) is 19.0. The number of nitrogens with zero attached hydrogens (tertiary/aromatic N) is 4. The molecule has 7 heteroatoms. The number of carbonyl (C=O) groups excluding carboxylic acids is 1. The maximum atomic E-state index is 12.4. The van der Waals surface area contributed by atoms with Gasteiger partial charge < -0.3 is 10.2 Å². The van der Waals surface area contributed by atoms with Crippen molar-refractivity contribution in [3.8, 4) is 0 Å². The summed E-state index contributed by atoms with van der Waals surface area (Å²) in [5.41, 5.74) is 4.51. The van der Waals surface area contributed by atoms with E-state index >= 15 is 0 Å². The molecule has 1 aliphatic heterocycles. The molecule has 3 rings (SSSR count). The Balaban J connectivity index is 1.70. The van der Waals surface area contributed by atoms with E-state index in [1.165, 1.54) is 5.56 Å². The van der Waals surface area contributed by atoms with E-state index in [1.807, 2.05) is 30.6 Å². The van der Waals surface area contributed by atoms with Crippen LogP contribution in [0.2, 0.25) is 0 Å². The van der Waals surface area contributed by atoms with Gasteiger partial charge in [0.05, 0.1) is 22.4 Å². The number of rotatable bonds is 5. The van der Waals surface area contributed by atoms with Gasteiger partial charge in [-0.3, -0.25) is 9.48 Å². The molecule has 1 amide bonds. The Morgan fingerprint density at radius 1 is 1.30 bits per heavy atom. The zero-order chi connectivity index (χ0) is 19.9. The first kappa shape index (κ1) is 20.0. The van der Waals surface area contributed by atoms with Crippen molar-refractivity contribution in [2.45, 2.75) is 59.0 Å². The van der Waals surface area contributed by atoms with E-state index in [0.29, 0.717) is 6.42 Å². The van der Waals surface area contributed by atoms with Crippen LogP contribution in [0.15, 0.2) is 5.38 Å². The number of hydrogen-bond donors (Lipinski definition) is 1. The van der Waals surface area contributed by atoms with Gasteiger partial charge in [-0.25, -0.2) is 4.98 Å². The minimum atomic E-state index is 0.0827. The van der Waals surface area contributed by atoms with Gasteiger partial charge in [0.2, 0.25) is 5.91 Å². The molecule has 2 aromatic heterocycles. The fraction of sp³-hybridized carbons (Fsp3) is 0.650. The summed E-state index contributed by atoms with van der Waals surface area (Å²) in [6.07, 6.45) is 0.576. The Labute approximate surface area is 166 Å². The van der Waals surface area contributed by atoms with Crippen molar-refractivity contribution in [3.05, 3.63) is 33.0 Å². The fourth-order valence-corrected chi connectivity index (χ4v) is 4.81. The second-order valence-electron chi connectivity index (χ2n) is 8.65. The molecule has 148 valence electrons. The molecule has 0 unspecified atom stereocenters. The predicted molar refractivity (Wildman–Crippen MR) is 109 cm³/mol. The molecular weight excluding hydrogens is 358 g/mol. The molecule has 1 saturated heterocycles. The largest absolute Gasteiger partial charge is 0.338 e. The zero-order valence-corrected chi connectivity index (χ0v) is 18.3. The average molecular weight is 390 g/mol. The summed E-state index contributed by atoms with van der Waals surface area (Å²) in [6.45, 7) is 12.2. The molecule has 3 heterocycles. The molecule has 0 bridgehead atoms. The van der Waals surface area contributed by atoms with E-state index in [9.17, 15) is 4.79 Å². The highest BCUT2D eigenvalue weighted by Gasteiger charge is 2.40. The third-order valence-corrected chi connectivity index (χ3v) is 6.78. The summed E-state index contributed by atoms with van der Waals surface area (Å²) < 4.78 is 1.91. The number of aryl methyl sites for hydroxylation is 2. The molecule has 0 aromatic carbocycles.